The number of H-pyrrole nitrogens is 1. The molecule has 2 aromatic heterocycles. The molecule has 2 heterocycles. The molecule has 0 spiro atoms. The minimum absolute atomic E-state index is 0.000929. The molecule has 0 unspecified atom stereocenters. The summed E-state index contributed by atoms with van der Waals surface area (Å²) in [6.07, 6.45) is 0. The zero-order valence-corrected chi connectivity index (χ0v) is 11.5. The number of anilines is 3. The van der Waals surface area contributed by atoms with Gasteiger partial charge in [-0.2, -0.15) is 20.3 Å². The number of rotatable bonds is 5. The fourth-order valence-electron chi connectivity index (χ4n) is 1.85. The van der Waals surface area contributed by atoms with Gasteiger partial charge in [0.1, 0.15) is 0 Å². The van der Waals surface area contributed by atoms with Gasteiger partial charge in [-0.15, -0.1) is 5.10 Å². The van der Waals surface area contributed by atoms with Gasteiger partial charge in [0, 0.05) is 12.2 Å². The molecule has 0 bridgehead atoms. The van der Waals surface area contributed by atoms with Crippen molar-refractivity contribution in [2.24, 2.45) is 0 Å². The Bertz CT molecular complexity index is 738. The molecule has 3 rings (SSSR count). The van der Waals surface area contributed by atoms with E-state index in [4.69, 9.17) is 5.11 Å². The van der Waals surface area contributed by atoms with Crippen molar-refractivity contribution >= 4 is 28.6 Å². The van der Waals surface area contributed by atoms with Gasteiger partial charge < -0.3 is 15.7 Å². The Morgan fingerprint density at radius 3 is 2.71 bits per heavy atom. The number of aromatic nitrogens is 5. The first-order chi connectivity index (χ1) is 10.3. The Morgan fingerprint density at radius 1 is 1.14 bits per heavy atom. The van der Waals surface area contributed by atoms with Gasteiger partial charge in [-0.25, -0.2) is 0 Å². The van der Waals surface area contributed by atoms with Crippen LogP contribution in [-0.4, -0.2) is 43.6 Å². The first kappa shape index (κ1) is 13.3. The number of hydrogen-bond donors (Lipinski definition) is 4. The lowest BCUT2D eigenvalue weighted by molar-refractivity contribution is 0.311. The second-order valence-corrected chi connectivity index (χ2v) is 4.53. The molecule has 8 nitrogen and oxygen atoms in total. The molecule has 0 aliphatic heterocycles. The molecule has 1 aromatic carbocycles. The van der Waals surface area contributed by atoms with E-state index in [1.165, 1.54) is 5.56 Å². The van der Waals surface area contributed by atoms with Crippen LogP contribution >= 0.6 is 0 Å². The van der Waals surface area contributed by atoms with Crippen molar-refractivity contribution in [3.63, 3.8) is 0 Å². The molecule has 4 N–H and O–H groups in total. The van der Waals surface area contributed by atoms with Gasteiger partial charge in [0.05, 0.1) is 6.61 Å². The molecule has 0 atom stereocenters. The summed E-state index contributed by atoms with van der Waals surface area (Å²) >= 11 is 0. The molecule has 0 amide bonds. The standard InChI is InChI=1S/C13H15N7O/c1-8-2-4-9(5-3-8)15-11-10-12(19-20-18-10)17-13(16-11)14-6-7-21/h2-5,21H,6-7H2,1H3,(H3,14,15,16,17,18,19,20). The molecule has 0 saturated heterocycles. The molecular weight excluding hydrogens is 270 g/mol. The average Bonchev–Trinajstić information content (AvgIpc) is 2.96. The topological polar surface area (TPSA) is 112 Å². The lowest BCUT2D eigenvalue weighted by Crippen LogP contribution is -2.10. The third kappa shape index (κ3) is 2.90. The van der Waals surface area contributed by atoms with Gasteiger partial charge in [0.25, 0.3) is 0 Å². The van der Waals surface area contributed by atoms with Crippen molar-refractivity contribution in [1.29, 1.82) is 0 Å². The molecule has 0 saturated carbocycles. The van der Waals surface area contributed by atoms with Crippen LogP contribution in [0.15, 0.2) is 24.3 Å². The predicted octanol–water partition coefficient (Wildman–Crippen LogP) is 1.20. The highest BCUT2D eigenvalue weighted by Crippen LogP contribution is 2.22. The lowest BCUT2D eigenvalue weighted by atomic mass is 10.2. The summed E-state index contributed by atoms with van der Waals surface area (Å²) < 4.78 is 0. The highest BCUT2D eigenvalue weighted by atomic mass is 16.3. The van der Waals surface area contributed by atoms with E-state index >= 15 is 0 Å². The lowest BCUT2D eigenvalue weighted by Gasteiger charge is -2.08. The van der Waals surface area contributed by atoms with Crippen molar-refractivity contribution in [3.8, 4) is 0 Å². The van der Waals surface area contributed by atoms with Crippen LogP contribution in [0.4, 0.5) is 17.5 Å². The van der Waals surface area contributed by atoms with Crippen LogP contribution in [0.1, 0.15) is 5.56 Å². The summed E-state index contributed by atoms with van der Waals surface area (Å²) in [5.41, 5.74) is 3.10. The normalized spacial score (nSPS) is 10.8. The molecule has 3 aromatic rings. The van der Waals surface area contributed by atoms with Gasteiger partial charge in [-0.1, -0.05) is 17.7 Å². The fraction of sp³-hybridized carbons (Fsp3) is 0.231. The first-order valence-electron chi connectivity index (χ1n) is 6.53. The third-order valence-corrected chi connectivity index (χ3v) is 2.89. The van der Waals surface area contributed by atoms with Crippen molar-refractivity contribution in [3.05, 3.63) is 29.8 Å². The first-order valence-corrected chi connectivity index (χ1v) is 6.53. The monoisotopic (exact) mass is 285 g/mol. The van der Waals surface area contributed by atoms with Crippen LogP contribution in [0.5, 0.6) is 0 Å². The van der Waals surface area contributed by atoms with Crippen LogP contribution in [-0.2, 0) is 0 Å². The van der Waals surface area contributed by atoms with Gasteiger partial charge in [0.2, 0.25) is 11.6 Å². The number of aliphatic hydroxyl groups excluding tert-OH is 1. The maximum atomic E-state index is 8.86. The Kier molecular flexibility index (Phi) is 3.61. The van der Waals surface area contributed by atoms with Crippen molar-refractivity contribution in [1.82, 2.24) is 25.4 Å². The minimum atomic E-state index is 0.000929. The molecule has 0 fully saturated rings. The van der Waals surface area contributed by atoms with Crippen LogP contribution in [0, 0.1) is 6.92 Å². The maximum absolute atomic E-state index is 8.86. The summed E-state index contributed by atoms with van der Waals surface area (Å²) in [5.74, 6) is 0.943. The Labute approximate surface area is 120 Å². The molecular formula is C13H15N7O. The number of aryl methyl sites for hydroxylation is 1. The SMILES string of the molecule is Cc1ccc(Nc2nc(NCCO)nc3n[nH]nc23)cc1. The average molecular weight is 285 g/mol. The van der Waals surface area contributed by atoms with E-state index in [1.807, 2.05) is 31.2 Å². The van der Waals surface area contributed by atoms with E-state index in [-0.39, 0.29) is 6.61 Å². The van der Waals surface area contributed by atoms with Crippen molar-refractivity contribution in [2.45, 2.75) is 6.92 Å². The van der Waals surface area contributed by atoms with E-state index in [0.717, 1.165) is 5.69 Å². The smallest absolute Gasteiger partial charge is 0.227 e. The molecule has 0 aliphatic carbocycles. The summed E-state index contributed by atoms with van der Waals surface area (Å²) in [4.78, 5) is 8.57. The quantitative estimate of drug-likeness (QED) is 0.557. The van der Waals surface area contributed by atoms with E-state index in [0.29, 0.717) is 29.5 Å². The van der Waals surface area contributed by atoms with E-state index in [9.17, 15) is 0 Å². The van der Waals surface area contributed by atoms with E-state index in [1.54, 1.807) is 0 Å². The van der Waals surface area contributed by atoms with Gasteiger partial charge in [-0.05, 0) is 19.1 Å². The number of nitrogens with zero attached hydrogens (tertiary/aromatic N) is 4. The van der Waals surface area contributed by atoms with Gasteiger partial charge >= 0.3 is 0 Å². The molecule has 108 valence electrons. The molecule has 21 heavy (non-hydrogen) atoms. The second-order valence-electron chi connectivity index (χ2n) is 4.53. The molecule has 0 radical (unpaired) electrons. The molecule has 0 aliphatic rings. The number of aromatic amines is 1. The summed E-state index contributed by atoms with van der Waals surface area (Å²) in [6, 6.07) is 7.94. The van der Waals surface area contributed by atoms with Crippen molar-refractivity contribution in [2.75, 3.05) is 23.8 Å². The number of aliphatic hydroxyl groups is 1. The Morgan fingerprint density at radius 2 is 1.95 bits per heavy atom. The van der Waals surface area contributed by atoms with E-state index in [2.05, 4.69) is 36.0 Å². The van der Waals surface area contributed by atoms with Crippen LogP contribution < -0.4 is 10.6 Å². The Hall–Kier alpha value is -2.74. The zero-order chi connectivity index (χ0) is 14.7. The van der Waals surface area contributed by atoms with Crippen LogP contribution in [0.2, 0.25) is 0 Å². The molecule has 8 heteroatoms. The zero-order valence-electron chi connectivity index (χ0n) is 11.5. The fourth-order valence-corrected chi connectivity index (χ4v) is 1.85. The number of fused-ring (bicyclic) bond motifs is 1. The summed E-state index contributed by atoms with van der Waals surface area (Å²) in [5, 5.41) is 25.5. The second kappa shape index (κ2) is 5.71. The number of benzene rings is 1. The summed E-state index contributed by atoms with van der Waals surface area (Å²) in [7, 11) is 0. The highest BCUT2D eigenvalue weighted by molar-refractivity contribution is 5.85. The summed E-state index contributed by atoms with van der Waals surface area (Å²) in [6.45, 7) is 2.40. The van der Waals surface area contributed by atoms with Gasteiger partial charge in [-0.3, -0.25) is 0 Å². The number of hydrogen-bond acceptors (Lipinski definition) is 7. The van der Waals surface area contributed by atoms with Gasteiger partial charge in [0.15, 0.2) is 11.3 Å². The van der Waals surface area contributed by atoms with E-state index < -0.39 is 0 Å². The Balaban J connectivity index is 1.95. The van der Waals surface area contributed by atoms with Crippen LogP contribution in [0.25, 0.3) is 11.2 Å². The van der Waals surface area contributed by atoms with Crippen LogP contribution in [0.3, 0.4) is 0 Å². The minimum Gasteiger partial charge on any atom is -0.395 e. The number of nitrogens with one attached hydrogen (secondary N) is 3. The maximum Gasteiger partial charge on any atom is 0.227 e. The highest BCUT2D eigenvalue weighted by Gasteiger charge is 2.11. The van der Waals surface area contributed by atoms with Crippen molar-refractivity contribution < 1.29 is 5.11 Å². The third-order valence-electron chi connectivity index (χ3n) is 2.89. The predicted molar refractivity (Wildman–Crippen MR) is 79.5 cm³/mol. The largest absolute Gasteiger partial charge is 0.395 e.